The topological polar surface area (TPSA) is 52.4 Å². The summed E-state index contributed by atoms with van der Waals surface area (Å²) in [5, 5.41) is 11.0. The molecule has 0 fully saturated rings. The molecule has 1 unspecified atom stereocenters. The second-order valence-corrected chi connectivity index (χ2v) is 5.67. The molecule has 0 saturated heterocycles. The molecule has 0 heterocycles. The highest BCUT2D eigenvalue weighted by Crippen LogP contribution is 2.27. The number of hydrogen-bond donors (Lipinski definition) is 0. The van der Waals surface area contributed by atoms with E-state index in [0.717, 1.165) is 0 Å². The Labute approximate surface area is 156 Å². The van der Waals surface area contributed by atoms with Crippen molar-refractivity contribution in [3.8, 4) is 5.75 Å². The van der Waals surface area contributed by atoms with Crippen LogP contribution in [0, 0.1) is 16.0 Å². The first-order valence-electron chi connectivity index (χ1n) is 9.39. The van der Waals surface area contributed by atoms with Gasteiger partial charge < -0.3 is 4.74 Å². The quantitative estimate of drug-likeness (QED) is 0.418. The molecule has 0 bridgehead atoms. The van der Waals surface area contributed by atoms with Crippen LogP contribution in [0.5, 0.6) is 5.75 Å². The summed E-state index contributed by atoms with van der Waals surface area (Å²) in [6.45, 7) is 11.8. The number of allylic oxidation sites excluding steroid dienone is 2. The third kappa shape index (κ3) is 7.38. The first kappa shape index (κ1) is 23.8. The number of nitrogens with zero attached hydrogens (tertiary/aromatic N) is 1. The minimum Gasteiger partial charge on any atom is -0.489 e. The summed E-state index contributed by atoms with van der Waals surface area (Å²) < 4.78 is 19.5. The summed E-state index contributed by atoms with van der Waals surface area (Å²) in [7, 11) is 0. The standard InChI is InChI=1S/C17H20FNO3.2C2H6/c1-12(2)17(18)13-7-9-15(10-8-13)22-11-14-5-3-4-6-16(14)19(20)21;2*1-2/h3,5,7-10,12,17H,4,6,11H2,1-2H3;2*1-2H3. The highest BCUT2D eigenvalue weighted by Gasteiger charge is 2.19. The van der Waals surface area contributed by atoms with Crippen LogP contribution in [0.1, 0.15) is 66.1 Å². The Kier molecular flexibility index (Phi) is 12.0. The smallest absolute Gasteiger partial charge is 0.253 e. The molecule has 26 heavy (non-hydrogen) atoms. The molecule has 4 nitrogen and oxygen atoms in total. The molecule has 1 aromatic rings. The molecule has 1 atom stereocenters. The number of benzene rings is 1. The van der Waals surface area contributed by atoms with Gasteiger partial charge in [0.2, 0.25) is 0 Å². The van der Waals surface area contributed by atoms with Crippen LogP contribution >= 0.6 is 0 Å². The summed E-state index contributed by atoms with van der Waals surface area (Å²) in [5.74, 6) is 0.501. The van der Waals surface area contributed by atoms with Gasteiger partial charge in [-0.2, -0.15) is 0 Å². The Hall–Kier alpha value is -2.17. The van der Waals surface area contributed by atoms with E-state index in [-0.39, 0.29) is 23.1 Å². The maximum atomic E-state index is 13.9. The Morgan fingerprint density at radius 1 is 1.15 bits per heavy atom. The van der Waals surface area contributed by atoms with Gasteiger partial charge in [-0.05, 0) is 30.0 Å². The van der Waals surface area contributed by atoms with Gasteiger partial charge >= 0.3 is 0 Å². The Balaban J connectivity index is 0.00000146. The molecule has 0 aromatic heterocycles. The van der Waals surface area contributed by atoms with Gasteiger partial charge in [-0.15, -0.1) is 0 Å². The van der Waals surface area contributed by atoms with E-state index in [2.05, 4.69) is 0 Å². The Morgan fingerprint density at radius 2 is 1.73 bits per heavy atom. The van der Waals surface area contributed by atoms with Gasteiger partial charge in [0, 0.05) is 6.42 Å². The van der Waals surface area contributed by atoms with Crippen molar-refractivity contribution in [2.75, 3.05) is 6.61 Å². The highest BCUT2D eigenvalue weighted by atomic mass is 19.1. The van der Waals surface area contributed by atoms with Gasteiger partial charge in [0.25, 0.3) is 5.70 Å². The van der Waals surface area contributed by atoms with Crippen molar-refractivity contribution in [1.82, 2.24) is 0 Å². The molecular formula is C21H32FNO3. The Bertz CT molecular complexity index is 592. The summed E-state index contributed by atoms with van der Waals surface area (Å²) >= 11 is 0. The van der Waals surface area contributed by atoms with Crippen LogP contribution in [-0.2, 0) is 0 Å². The van der Waals surface area contributed by atoms with E-state index in [9.17, 15) is 14.5 Å². The van der Waals surface area contributed by atoms with E-state index in [0.29, 0.717) is 29.7 Å². The van der Waals surface area contributed by atoms with Gasteiger partial charge in [-0.3, -0.25) is 10.1 Å². The van der Waals surface area contributed by atoms with Crippen molar-refractivity contribution >= 4 is 0 Å². The number of hydrogen-bond acceptors (Lipinski definition) is 3. The average molecular weight is 365 g/mol. The van der Waals surface area contributed by atoms with Crippen LogP contribution in [0.25, 0.3) is 0 Å². The fourth-order valence-corrected chi connectivity index (χ4v) is 2.34. The summed E-state index contributed by atoms with van der Waals surface area (Å²) in [5.41, 5.74) is 1.42. The maximum absolute atomic E-state index is 13.9. The molecule has 0 amide bonds. The Morgan fingerprint density at radius 3 is 2.23 bits per heavy atom. The maximum Gasteiger partial charge on any atom is 0.253 e. The van der Waals surface area contributed by atoms with Crippen molar-refractivity contribution in [3.05, 3.63) is 63.4 Å². The van der Waals surface area contributed by atoms with Gasteiger partial charge in [0.1, 0.15) is 18.5 Å². The molecule has 146 valence electrons. The number of halogens is 1. The van der Waals surface area contributed by atoms with Gasteiger partial charge in [0.05, 0.1) is 10.5 Å². The van der Waals surface area contributed by atoms with Crippen LogP contribution < -0.4 is 4.74 Å². The van der Waals surface area contributed by atoms with Gasteiger partial charge in [0.15, 0.2) is 0 Å². The van der Waals surface area contributed by atoms with Gasteiger partial charge in [-0.1, -0.05) is 65.8 Å². The summed E-state index contributed by atoms with van der Waals surface area (Å²) in [4.78, 5) is 10.6. The van der Waals surface area contributed by atoms with Crippen molar-refractivity contribution < 1.29 is 14.1 Å². The summed E-state index contributed by atoms with van der Waals surface area (Å²) in [6.07, 6.45) is 3.76. The lowest BCUT2D eigenvalue weighted by Crippen LogP contribution is -2.11. The third-order valence-electron chi connectivity index (χ3n) is 3.64. The molecule has 5 heteroatoms. The minimum atomic E-state index is -1.00. The predicted octanol–water partition coefficient (Wildman–Crippen LogP) is 6.67. The first-order chi connectivity index (χ1) is 12.5. The van der Waals surface area contributed by atoms with Crippen LogP contribution in [0.4, 0.5) is 4.39 Å². The van der Waals surface area contributed by atoms with Crippen molar-refractivity contribution in [2.45, 2.75) is 60.6 Å². The minimum absolute atomic E-state index is 0.0769. The number of nitro groups is 1. The zero-order valence-electron chi connectivity index (χ0n) is 16.8. The molecule has 0 saturated carbocycles. The van der Waals surface area contributed by atoms with Crippen LogP contribution in [-0.4, -0.2) is 11.5 Å². The van der Waals surface area contributed by atoms with E-state index in [1.165, 1.54) is 0 Å². The largest absolute Gasteiger partial charge is 0.489 e. The number of rotatable bonds is 6. The van der Waals surface area contributed by atoms with Crippen LogP contribution in [0.15, 0.2) is 47.7 Å². The van der Waals surface area contributed by atoms with E-state index < -0.39 is 6.17 Å². The monoisotopic (exact) mass is 365 g/mol. The van der Waals surface area contributed by atoms with Crippen molar-refractivity contribution in [2.24, 2.45) is 5.92 Å². The predicted molar refractivity (Wildman–Crippen MR) is 106 cm³/mol. The van der Waals surface area contributed by atoms with Crippen molar-refractivity contribution in [1.29, 1.82) is 0 Å². The molecule has 0 N–H and O–H groups in total. The second-order valence-electron chi connectivity index (χ2n) is 5.67. The van der Waals surface area contributed by atoms with E-state index in [4.69, 9.17) is 4.74 Å². The lowest BCUT2D eigenvalue weighted by atomic mass is 10.0. The molecular weight excluding hydrogens is 333 g/mol. The average Bonchev–Trinajstić information content (AvgIpc) is 2.69. The molecule has 1 aliphatic rings. The zero-order chi connectivity index (χ0) is 20.1. The normalized spacial score (nSPS) is 14.0. The molecule has 0 spiro atoms. The van der Waals surface area contributed by atoms with Crippen LogP contribution in [0.3, 0.4) is 0 Å². The molecule has 1 aromatic carbocycles. The van der Waals surface area contributed by atoms with E-state index >= 15 is 0 Å². The fraction of sp³-hybridized carbons (Fsp3) is 0.524. The lowest BCUT2D eigenvalue weighted by Gasteiger charge is -2.14. The lowest BCUT2D eigenvalue weighted by molar-refractivity contribution is -0.429. The third-order valence-corrected chi connectivity index (χ3v) is 3.64. The zero-order valence-corrected chi connectivity index (χ0v) is 16.8. The molecule has 1 aliphatic carbocycles. The number of ether oxygens (including phenoxy) is 1. The second kappa shape index (κ2) is 13.1. The molecule has 2 rings (SSSR count). The van der Waals surface area contributed by atoms with Gasteiger partial charge in [-0.25, -0.2) is 4.39 Å². The SMILES string of the molecule is CC.CC.CC(C)C(F)c1ccc(OCC2=C([N+](=O)[O-])CCC=C2)cc1. The molecule has 0 aliphatic heterocycles. The first-order valence-corrected chi connectivity index (χ1v) is 9.39. The van der Waals surface area contributed by atoms with E-state index in [1.807, 2.05) is 47.6 Å². The molecule has 0 radical (unpaired) electrons. The van der Waals surface area contributed by atoms with E-state index in [1.54, 1.807) is 30.3 Å². The summed E-state index contributed by atoms with van der Waals surface area (Å²) in [6, 6.07) is 6.78. The highest BCUT2D eigenvalue weighted by molar-refractivity contribution is 5.31. The van der Waals surface area contributed by atoms with Crippen LogP contribution in [0.2, 0.25) is 0 Å². The van der Waals surface area contributed by atoms with Crippen molar-refractivity contribution in [3.63, 3.8) is 0 Å². The fourth-order valence-electron chi connectivity index (χ4n) is 2.34. The number of alkyl halides is 1.